The van der Waals surface area contributed by atoms with E-state index in [1.165, 1.54) is 0 Å². The third kappa shape index (κ3) is 2.91. The number of hydrogen-bond acceptors (Lipinski definition) is 3. The molecule has 0 saturated heterocycles. The molecule has 1 heterocycles. The number of carbonyl (C=O) groups excluding carboxylic acids is 1. The number of nitrogens with two attached hydrogens (primary N) is 1. The standard InChI is InChI=1S/C17H26N2O2/c1-6-7-13(18)12-8-9-15-14(10-12)19(11(2)3)16(20)17(4,5)21-15/h8-11,13H,6-7,18H2,1-5H3. The van der Waals surface area contributed by atoms with Crippen molar-refractivity contribution >= 4 is 11.6 Å². The van der Waals surface area contributed by atoms with E-state index in [1.807, 2.05) is 50.8 Å². The Morgan fingerprint density at radius 3 is 2.57 bits per heavy atom. The summed E-state index contributed by atoms with van der Waals surface area (Å²) < 4.78 is 5.87. The molecule has 21 heavy (non-hydrogen) atoms. The van der Waals surface area contributed by atoms with Crippen molar-refractivity contribution in [2.45, 2.75) is 65.1 Å². The number of carbonyl (C=O) groups is 1. The fourth-order valence-electron chi connectivity index (χ4n) is 2.75. The lowest BCUT2D eigenvalue weighted by Crippen LogP contribution is -2.54. The quantitative estimate of drug-likeness (QED) is 0.924. The summed E-state index contributed by atoms with van der Waals surface area (Å²) >= 11 is 0. The first-order chi connectivity index (χ1) is 9.77. The maximum Gasteiger partial charge on any atom is 0.270 e. The van der Waals surface area contributed by atoms with E-state index < -0.39 is 5.60 Å². The summed E-state index contributed by atoms with van der Waals surface area (Å²) in [6.45, 7) is 9.77. The van der Waals surface area contributed by atoms with Crippen LogP contribution in [0.3, 0.4) is 0 Å². The predicted octanol–water partition coefficient (Wildman–Crippen LogP) is 3.40. The first kappa shape index (κ1) is 15.8. The zero-order valence-corrected chi connectivity index (χ0v) is 13.6. The summed E-state index contributed by atoms with van der Waals surface area (Å²) in [7, 11) is 0. The van der Waals surface area contributed by atoms with Gasteiger partial charge in [0.15, 0.2) is 5.60 Å². The monoisotopic (exact) mass is 290 g/mol. The lowest BCUT2D eigenvalue weighted by Gasteiger charge is -2.41. The number of nitrogens with zero attached hydrogens (tertiary/aromatic N) is 1. The van der Waals surface area contributed by atoms with Gasteiger partial charge in [0.25, 0.3) is 5.91 Å². The fraction of sp³-hybridized carbons (Fsp3) is 0.588. The largest absolute Gasteiger partial charge is 0.476 e. The van der Waals surface area contributed by atoms with E-state index in [2.05, 4.69) is 6.92 Å². The molecule has 1 atom stereocenters. The van der Waals surface area contributed by atoms with Crippen molar-refractivity contribution in [2.24, 2.45) is 5.73 Å². The van der Waals surface area contributed by atoms with Gasteiger partial charge >= 0.3 is 0 Å². The highest BCUT2D eigenvalue weighted by atomic mass is 16.5. The second-order valence-corrected chi connectivity index (χ2v) is 6.50. The Kier molecular flexibility index (Phi) is 4.28. The molecule has 2 rings (SSSR count). The number of anilines is 1. The molecule has 0 aromatic heterocycles. The fourth-order valence-corrected chi connectivity index (χ4v) is 2.75. The highest BCUT2D eigenvalue weighted by Gasteiger charge is 2.42. The molecule has 1 unspecified atom stereocenters. The molecule has 1 aliphatic rings. The highest BCUT2D eigenvalue weighted by Crippen LogP contribution is 2.40. The van der Waals surface area contributed by atoms with E-state index in [1.54, 1.807) is 0 Å². The molecule has 1 aliphatic heterocycles. The van der Waals surface area contributed by atoms with Gasteiger partial charge in [-0.05, 0) is 51.8 Å². The molecule has 0 bridgehead atoms. The van der Waals surface area contributed by atoms with Crippen molar-refractivity contribution in [3.63, 3.8) is 0 Å². The van der Waals surface area contributed by atoms with Crippen molar-refractivity contribution in [3.05, 3.63) is 23.8 Å². The van der Waals surface area contributed by atoms with Crippen LogP contribution in [0.4, 0.5) is 5.69 Å². The van der Waals surface area contributed by atoms with Gasteiger partial charge in [-0.2, -0.15) is 0 Å². The number of hydrogen-bond donors (Lipinski definition) is 1. The van der Waals surface area contributed by atoms with Crippen molar-refractivity contribution < 1.29 is 9.53 Å². The lowest BCUT2D eigenvalue weighted by atomic mass is 9.98. The smallest absolute Gasteiger partial charge is 0.270 e. The highest BCUT2D eigenvalue weighted by molar-refractivity contribution is 6.02. The van der Waals surface area contributed by atoms with Gasteiger partial charge in [-0.1, -0.05) is 19.4 Å². The van der Waals surface area contributed by atoms with Crippen molar-refractivity contribution in [1.82, 2.24) is 0 Å². The number of ether oxygens (including phenoxy) is 1. The van der Waals surface area contributed by atoms with Gasteiger partial charge in [0, 0.05) is 12.1 Å². The van der Waals surface area contributed by atoms with E-state index in [-0.39, 0.29) is 18.0 Å². The summed E-state index contributed by atoms with van der Waals surface area (Å²) in [6.07, 6.45) is 1.97. The van der Waals surface area contributed by atoms with E-state index in [0.717, 1.165) is 29.8 Å². The molecular formula is C17H26N2O2. The molecule has 0 radical (unpaired) electrons. The minimum Gasteiger partial charge on any atom is -0.476 e. The third-order valence-electron chi connectivity index (χ3n) is 3.89. The molecular weight excluding hydrogens is 264 g/mol. The van der Waals surface area contributed by atoms with Crippen LogP contribution in [0.2, 0.25) is 0 Å². The number of rotatable bonds is 4. The summed E-state index contributed by atoms with van der Waals surface area (Å²) in [5.41, 5.74) is 7.26. The zero-order chi connectivity index (χ0) is 15.8. The van der Waals surface area contributed by atoms with E-state index in [0.29, 0.717) is 0 Å². The average Bonchev–Trinajstić information content (AvgIpc) is 2.39. The Balaban J connectivity index is 2.48. The van der Waals surface area contributed by atoms with Gasteiger partial charge < -0.3 is 15.4 Å². The molecule has 4 nitrogen and oxygen atoms in total. The number of benzene rings is 1. The zero-order valence-electron chi connectivity index (χ0n) is 13.6. The molecule has 0 saturated carbocycles. The van der Waals surface area contributed by atoms with Crippen LogP contribution in [0.25, 0.3) is 0 Å². The van der Waals surface area contributed by atoms with Crippen LogP contribution in [0, 0.1) is 0 Å². The van der Waals surface area contributed by atoms with E-state index in [4.69, 9.17) is 10.5 Å². The SMILES string of the molecule is CCCC(N)c1ccc2c(c1)N(C(C)C)C(=O)C(C)(C)O2. The molecule has 116 valence electrons. The van der Waals surface area contributed by atoms with Crippen LogP contribution in [0.5, 0.6) is 5.75 Å². The Morgan fingerprint density at radius 2 is 2.00 bits per heavy atom. The molecule has 1 aromatic rings. The number of amides is 1. The van der Waals surface area contributed by atoms with Crippen LogP contribution in [-0.2, 0) is 4.79 Å². The maximum atomic E-state index is 12.6. The predicted molar refractivity (Wildman–Crippen MR) is 85.6 cm³/mol. The molecule has 0 spiro atoms. The average molecular weight is 290 g/mol. The molecule has 4 heteroatoms. The third-order valence-corrected chi connectivity index (χ3v) is 3.89. The lowest BCUT2D eigenvalue weighted by molar-refractivity contribution is -0.133. The van der Waals surface area contributed by atoms with Crippen LogP contribution >= 0.6 is 0 Å². The maximum absolute atomic E-state index is 12.6. The van der Waals surface area contributed by atoms with E-state index in [9.17, 15) is 4.79 Å². The Bertz CT molecular complexity index is 538. The molecule has 0 aliphatic carbocycles. The first-order valence-corrected chi connectivity index (χ1v) is 7.70. The molecule has 2 N–H and O–H groups in total. The Morgan fingerprint density at radius 1 is 1.33 bits per heavy atom. The summed E-state index contributed by atoms with van der Waals surface area (Å²) in [5, 5.41) is 0. The van der Waals surface area contributed by atoms with Crippen LogP contribution in [-0.4, -0.2) is 17.6 Å². The molecule has 0 fully saturated rings. The van der Waals surface area contributed by atoms with Crippen LogP contribution in [0.1, 0.15) is 59.1 Å². The first-order valence-electron chi connectivity index (χ1n) is 7.70. The number of fused-ring (bicyclic) bond motifs is 1. The van der Waals surface area contributed by atoms with Gasteiger partial charge in [-0.3, -0.25) is 4.79 Å². The van der Waals surface area contributed by atoms with Crippen LogP contribution in [0.15, 0.2) is 18.2 Å². The summed E-state index contributed by atoms with van der Waals surface area (Å²) in [4.78, 5) is 14.4. The minimum absolute atomic E-state index is 0.000601. The van der Waals surface area contributed by atoms with Crippen LogP contribution < -0.4 is 15.4 Å². The van der Waals surface area contributed by atoms with Crippen molar-refractivity contribution in [2.75, 3.05) is 4.90 Å². The Hall–Kier alpha value is -1.55. The van der Waals surface area contributed by atoms with Gasteiger partial charge in [0.05, 0.1) is 5.69 Å². The normalized spacial score (nSPS) is 18.4. The van der Waals surface area contributed by atoms with Crippen molar-refractivity contribution in [3.8, 4) is 5.75 Å². The second-order valence-electron chi connectivity index (χ2n) is 6.50. The van der Waals surface area contributed by atoms with Gasteiger partial charge in [-0.25, -0.2) is 0 Å². The Labute approximate surface area is 127 Å². The van der Waals surface area contributed by atoms with Gasteiger partial charge in [0.2, 0.25) is 0 Å². The van der Waals surface area contributed by atoms with Gasteiger partial charge in [0.1, 0.15) is 5.75 Å². The topological polar surface area (TPSA) is 55.6 Å². The second kappa shape index (κ2) is 5.68. The molecule has 1 aromatic carbocycles. The van der Waals surface area contributed by atoms with Gasteiger partial charge in [-0.15, -0.1) is 0 Å². The summed E-state index contributed by atoms with van der Waals surface area (Å²) in [5.74, 6) is 0.743. The van der Waals surface area contributed by atoms with Crippen molar-refractivity contribution in [1.29, 1.82) is 0 Å². The summed E-state index contributed by atoms with van der Waals surface area (Å²) in [6, 6.07) is 6.02. The minimum atomic E-state index is -0.829. The molecule has 1 amide bonds. The van der Waals surface area contributed by atoms with E-state index >= 15 is 0 Å².